The van der Waals surface area contributed by atoms with Crippen LogP contribution in [0.5, 0.6) is 0 Å². The van der Waals surface area contributed by atoms with E-state index in [0.29, 0.717) is 12.8 Å². The molecule has 2 N–H and O–H groups in total. The molecule has 0 unspecified atom stereocenters. The van der Waals surface area contributed by atoms with Crippen LogP contribution in [-0.2, 0) is 29.6 Å². The lowest BCUT2D eigenvalue weighted by Crippen LogP contribution is -2.47. The maximum absolute atomic E-state index is 12.4. The van der Waals surface area contributed by atoms with Gasteiger partial charge in [0.1, 0.15) is 0 Å². The summed E-state index contributed by atoms with van der Waals surface area (Å²) in [6.45, 7) is 1.57. The lowest BCUT2D eigenvalue weighted by atomic mass is 9.76. The highest BCUT2D eigenvalue weighted by molar-refractivity contribution is 5.87. The van der Waals surface area contributed by atoms with E-state index in [0.717, 1.165) is 29.5 Å². The number of benzene rings is 3. The van der Waals surface area contributed by atoms with Gasteiger partial charge in [0, 0.05) is 6.92 Å². The Morgan fingerprint density at radius 1 is 0.867 bits per heavy atom. The molecule has 0 saturated heterocycles. The third kappa shape index (κ3) is 3.73. The largest absolute Gasteiger partial charge is 0.478 e. The number of carboxylic acid groups (broad SMARTS) is 1. The average Bonchev–Trinajstić information content (AvgIpc) is 2.88. The van der Waals surface area contributed by atoms with Gasteiger partial charge in [-0.2, -0.15) is 0 Å². The number of fused-ring (bicyclic) bond motifs is 2. The number of nitrogens with one attached hydrogen (secondary N) is 1. The molecule has 1 aliphatic rings. The molecule has 4 rings (SSSR count). The highest BCUT2D eigenvalue weighted by atomic mass is 16.4. The zero-order chi connectivity index (χ0) is 21.1. The van der Waals surface area contributed by atoms with Crippen LogP contribution in [0.4, 0.5) is 0 Å². The quantitative estimate of drug-likeness (QED) is 0.664. The second-order valence-electron chi connectivity index (χ2n) is 7.90. The number of hydrogen-bond acceptors (Lipinski definition) is 2. The molecule has 0 saturated carbocycles. The molecule has 0 aromatic heterocycles. The predicted octanol–water partition coefficient (Wildman–Crippen LogP) is 4.50. The minimum Gasteiger partial charge on any atom is -0.478 e. The summed E-state index contributed by atoms with van der Waals surface area (Å²) >= 11 is 0. The normalized spacial score (nSPS) is 14.2. The Kier molecular flexibility index (Phi) is 5.40. The minimum atomic E-state index is -0.928. The number of carbonyl (C=O) groups is 2. The van der Waals surface area contributed by atoms with Crippen LogP contribution in [-0.4, -0.2) is 17.0 Å². The van der Waals surface area contributed by atoms with Crippen molar-refractivity contribution < 1.29 is 14.7 Å². The van der Waals surface area contributed by atoms with E-state index >= 15 is 0 Å². The Hall–Kier alpha value is -3.40. The highest BCUT2D eigenvalue weighted by Gasteiger charge is 2.39. The van der Waals surface area contributed by atoms with E-state index in [2.05, 4.69) is 41.7 Å². The molecule has 3 aromatic carbocycles. The summed E-state index contributed by atoms with van der Waals surface area (Å²) < 4.78 is 0. The third-order valence-corrected chi connectivity index (χ3v) is 6.00. The van der Waals surface area contributed by atoms with Gasteiger partial charge in [-0.1, -0.05) is 60.7 Å². The van der Waals surface area contributed by atoms with Gasteiger partial charge in [-0.15, -0.1) is 0 Å². The van der Waals surface area contributed by atoms with Crippen molar-refractivity contribution in [2.45, 2.75) is 38.1 Å². The maximum Gasteiger partial charge on any atom is 0.335 e. The zero-order valence-corrected chi connectivity index (χ0v) is 17.0. The predicted molar refractivity (Wildman–Crippen MR) is 117 cm³/mol. The molecule has 0 spiro atoms. The van der Waals surface area contributed by atoms with Crippen molar-refractivity contribution in [1.82, 2.24) is 5.32 Å². The van der Waals surface area contributed by atoms with Gasteiger partial charge in [0.2, 0.25) is 5.91 Å². The molecular formula is C26H25NO3. The summed E-state index contributed by atoms with van der Waals surface area (Å²) in [5, 5.41) is 12.5. The summed E-state index contributed by atoms with van der Waals surface area (Å²) in [6.07, 6.45) is 3.26. The van der Waals surface area contributed by atoms with E-state index in [-0.39, 0.29) is 11.5 Å². The van der Waals surface area contributed by atoms with Crippen molar-refractivity contribution in [2.75, 3.05) is 0 Å². The summed E-state index contributed by atoms with van der Waals surface area (Å²) in [5.41, 5.74) is 5.50. The Morgan fingerprint density at radius 2 is 1.40 bits per heavy atom. The van der Waals surface area contributed by atoms with Crippen molar-refractivity contribution in [3.63, 3.8) is 0 Å². The molecule has 4 heteroatoms. The number of aromatic carboxylic acids is 1. The number of carboxylic acids is 1. The molecule has 1 amide bonds. The second kappa shape index (κ2) is 8.15. The molecule has 0 fully saturated rings. The fourth-order valence-corrected chi connectivity index (χ4v) is 4.64. The molecule has 0 radical (unpaired) electrons. The Labute approximate surface area is 176 Å². The highest BCUT2D eigenvalue weighted by Crippen LogP contribution is 2.41. The average molecular weight is 399 g/mol. The summed E-state index contributed by atoms with van der Waals surface area (Å²) in [6, 6.07) is 23.7. The van der Waals surface area contributed by atoms with E-state index in [9.17, 15) is 9.59 Å². The Morgan fingerprint density at radius 3 is 1.90 bits per heavy atom. The van der Waals surface area contributed by atoms with Crippen LogP contribution in [0.15, 0.2) is 72.8 Å². The van der Waals surface area contributed by atoms with E-state index in [1.165, 1.54) is 11.1 Å². The molecule has 3 aromatic rings. The van der Waals surface area contributed by atoms with Gasteiger partial charge in [0.05, 0.1) is 11.1 Å². The Balaban J connectivity index is 1.80. The van der Waals surface area contributed by atoms with Gasteiger partial charge in [-0.25, -0.2) is 4.79 Å². The topological polar surface area (TPSA) is 66.4 Å². The number of amides is 1. The standard InChI is InChI=1S/C26H25NO3/c1-18(28)27-26(17-16-19-10-12-22(13-11-19)25(29)30)23-8-4-2-6-20(23)14-15-21-7-3-5-9-24(21)26/h2-13H,14-17H2,1H3,(H,27,28)(H,29,30). The molecular weight excluding hydrogens is 374 g/mol. The number of aryl methyl sites for hydroxylation is 3. The smallest absolute Gasteiger partial charge is 0.335 e. The fourth-order valence-electron chi connectivity index (χ4n) is 4.64. The molecule has 0 heterocycles. The van der Waals surface area contributed by atoms with Gasteiger partial charge in [0.15, 0.2) is 0 Å². The first-order valence-electron chi connectivity index (χ1n) is 10.3. The first kappa shape index (κ1) is 19.9. The molecule has 152 valence electrons. The summed E-state index contributed by atoms with van der Waals surface area (Å²) in [7, 11) is 0. The van der Waals surface area contributed by atoms with E-state index < -0.39 is 11.5 Å². The van der Waals surface area contributed by atoms with E-state index in [1.807, 2.05) is 24.3 Å². The third-order valence-electron chi connectivity index (χ3n) is 6.00. The van der Waals surface area contributed by atoms with Crippen LogP contribution in [0.2, 0.25) is 0 Å². The Bertz CT molecular complexity index is 1040. The first-order valence-corrected chi connectivity index (χ1v) is 10.3. The summed E-state index contributed by atoms with van der Waals surface area (Å²) in [4.78, 5) is 23.6. The van der Waals surface area contributed by atoms with Crippen LogP contribution in [0.1, 0.15) is 51.5 Å². The van der Waals surface area contributed by atoms with Crippen molar-refractivity contribution in [2.24, 2.45) is 0 Å². The van der Waals surface area contributed by atoms with Crippen molar-refractivity contribution in [3.05, 3.63) is 106 Å². The monoisotopic (exact) mass is 399 g/mol. The molecule has 0 aliphatic heterocycles. The molecule has 4 nitrogen and oxygen atoms in total. The van der Waals surface area contributed by atoms with Crippen LogP contribution in [0.25, 0.3) is 0 Å². The first-order chi connectivity index (χ1) is 14.5. The van der Waals surface area contributed by atoms with Crippen LogP contribution < -0.4 is 5.32 Å². The molecule has 0 bridgehead atoms. The van der Waals surface area contributed by atoms with Gasteiger partial charge >= 0.3 is 5.97 Å². The second-order valence-corrected chi connectivity index (χ2v) is 7.90. The van der Waals surface area contributed by atoms with Gasteiger partial charge in [-0.05, 0) is 65.6 Å². The van der Waals surface area contributed by atoms with E-state index in [1.54, 1.807) is 19.1 Å². The number of hydrogen-bond donors (Lipinski definition) is 2. The van der Waals surface area contributed by atoms with Crippen LogP contribution in [0, 0.1) is 0 Å². The zero-order valence-electron chi connectivity index (χ0n) is 17.0. The molecule has 0 atom stereocenters. The van der Waals surface area contributed by atoms with E-state index in [4.69, 9.17) is 5.11 Å². The number of rotatable bonds is 5. The van der Waals surface area contributed by atoms with Gasteiger partial charge < -0.3 is 10.4 Å². The maximum atomic E-state index is 12.4. The molecule has 1 aliphatic carbocycles. The van der Waals surface area contributed by atoms with Crippen LogP contribution in [0.3, 0.4) is 0 Å². The van der Waals surface area contributed by atoms with Crippen molar-refractivity contribution in [3.8, 4) is 0 Å². The summed E-state index contributed by atoms with van der Waals surface area (Å²) in [5.74, 6) is -0.995. The van der Waals surface area contributed by atoms with Gasteiger partial charge in [0.25, 0.3) is 0 Å². The lowest BCUT2D eigenvalue weighted by molar-refractivity contribution is -0.120. The number of carbonyl (C=O) groups excluding carboxylic acids is 1. The van der Waals surface area contributed by atoms with Gasteiger partial charge in [-0.3, -0.25) is 4.79 Å². The molecule has 30 heavy (non-hydrogen) atoms. The van der Waals surface area contributed by atoms with Crippen molar-refractivity contribution in [1.29, 1.82) is 0 Å². The SMILES string of the molecule is CC(=O)NC1(CCc2ccc(C(=O)O)cc2)c2ccccc2CCc2ccccc21. The lowest BCUT2D eigenvalue weighted by Gasteiger charge is -2.37. The fraction of sp³-hybridized carbons (Fsp3) is 0.231. The van der Waals surface area contributed by atoms with Crippen LogP contribution >= 0.6 is 0 Å². The minimum absolute atomic E-state index is 0.0669. The van der Waals surface area contributed by atoms with Crippen molar-refractivity contribution >= 4 is 11.9 Å².